The predicted molar refractivity (Wildman–Crippen MR) is 125 cm³/mol. The zero-order valence-corrected chi connectivity index (χ0v) is 18.6. The van der Waals surface area contributed by atoms with Crippen LogP contribution in [0.3, 0.4) is 0 Å². The third-order valence-corrected chi connectivity index (χ3v) is 6.20. The van der Waals surface area contributed by atoms with E-state index in [2.05, 4.69) is 33.4 Å². The molecule has 2 aromatic heterocycles. The van der Waals surface area contributed by atoms with E-state index in [1.165, 1.54) is 44.9 Å². The summed E-state index contributed by atoms with van der Waals surface area (Å²) >= 11 is 5.48. The molecule has 1 atom stereocenters. The van der Waals surface area contributed by atoms with Crippen molar-refractivity contribution in [3.63, 3.8) is 0 Å². The minimum Gasteiger partial charge on any atom is -0.467 e. The maximum absolute atomic E-state index is 5.48. The van der Waals surface area contributed by atoms with Gasteiger partial charge in [-0.1, -0.05) is 12.8 Å². The molecule has 2 aliphatic rings. The Hall–Kier alpha value is -2.35. The first-order valence-electron chi connectivity index (χ1n) is 11.2. The molecule has 1 unspecified atom stereocenters. The van der Waals surface area contributed by atoms with Crippen LogP contribution >= 0.6 is 12.2 Å². The summed E-state index contributed by atoms with van der Waals surface area (Å²) in [5, 5.41) is 6.86. The van der Waals surface area contributed by atoms with Crippen molar-refractivity contribution in [2.24, 2.45) is 0 Å². The minimum absolute atomic E-state index is 0.488. The molecular weight excluding hydrogens is 396 g/mol. The highest BCUT2D eigenvalue weighted by Crippen LogP contribution is 2.28. The standard InChI is InChI=1S/C22H32N6OS/c1-17-9-4-7-13-28(17)20-15-19(27-11-5-2-3-6-12-27)24-21(25-20)26-22(30)23-16-18-10-8-14-29-18/h8,10,14-15,17H,2-7,9,11-13,16H2,1H3,(H2,23,24,25,26,30). The Balaban J connectivity index is 1.53. The van der Waals surface area contributed by atoms with Gasteiger partial charge < -0.3 is 24.9 Å². The Labute approximate surface area is 184 Å². The quantitative estimate of drug-likeness (QED) is 0.683. The van der Waals surface area contributed by atoms with E-state index in [1.807, 2.05) is 12.1 Å². The van der Waals surface area contributed by atoms with Gasteiger partial charge >= 0.3 is 0 Å². The van der Waals surface area contributed by atoms with Crippen molar-refractivity contribution in [2.75, 3.05) is 34.8 Å². The second kappa shape index (κ2) is 10.1. The van der Waals surface area contributed by atoms with Gasteiger partial charge in [0.15, 0.2) is 5.11 Å². The fraction of sp³-hybridized carbons (Fsp3) is 0.591. The molecule has 0 bridgehead atoms. The van der Waals surface area contributed by atoms with Gasteiger partial charge in [0, 0.05) is 31.7 Å². The second-order valence-electron chi connectivity index (χ2n) is 8.23. The molecule has 162 valence electrons. The van der Waals surface area contributed by atoms with Gasteiger partial charge in [-0.2, -0.15) is 9.97 Å². The molecule has 2 aliphatic heterocycles. The normalized spacial score (nSPS) is 20.0. The van der Waals surface area contributed by atoms with Gasteiger partial charge in [0.2, 0.25) is 5.95 Å². The van der Waals surface area contributed by atoms with Crippen molar-refractivity contribution in [3.8, 4) is 0 Å². The van der Waals surface area contributed by atoms with E-state index in [1.54, 1.807) is 6.26 Å². The highest BCUT2D eigenvalue weighted by Gasteiger charge is 2.22. The van der Waals surface area contributed by atoms with E-state index in [9.17, 15) is 0 Å². The molecule has 4 heterocycles. The van der Waals surface area contributed by atoms with Gasteiger partial charge in [-0.05, 0) is 63.4 Å². The number of nitrogens with one attached hydrogen (secondary N) is 2. The van der Waals surface area contributed by atoms with Crippen molar-refractivity contribution < 1.29 is 4.42 Å². The van der Waals surface area contributed by atoms with Crippen molar-refractivity contribution in [3.05, 3.63) is 30.2 Å². The van der Waals surface area contributed by atoms with E-state index in [0.717, 1.165) is 37.0 Å². The lowest BCUT2D eigenvalue weighted by molar-refractivity contribution is 0.481. The smallest absolute Gasteiger partial charge is 0.232 e. The van der Waals surface area contributed by atoms with Gasteiger partial charge in [-0.15, -0.1) is 0 Å². The average Bonchev–Trinajstić information content (AvgIpc) is 3.12. The van der Waals surface area contributed by atoms with Crippen molar-refractivity contribution in [1.82, 2.24) is 15.3 Å². The van der Waals surface area contributed by atoms with Crippen LogP contribution in [0.4, 0.5) is 17.6 Å². The SMILES string of the molecule is CC1CCCCN1c1cc(N2CCCCCC2)nc(NC(=S)NCc2ccco2)n1. The maximum atomic E-state index is 5.48. The number of piperidine rings is 1. The lowest BCUT2D eigenvalue weighted by atomic mass is 10.0. The largest absolute Gasteiger partial charge is 0.467 e. The van der Waals surface area contributed by atoms with Crippen molar-refractivity contribution >= 4 is 34.9 Å². The molecular formula is C22H32N6OS. The molecule has 0 saturated carbocycles. The molecule has 0 aromatic carbocycles. The third kappa shape index (κ3) is 5.41. The summed E-state index contributed by atoms with van der Waals surface area (Å²) in [6.07, 6.45) is 10.4. The van der Waals surface area contributed by atoms with E-state index in [-0.39, 0.29) is 0 Å². The fourth-order valence-corrected chi connectivity index (χ4v) is 4.42. The first-order valence-corrected chi connectivity index (χ1v) is 11.6. The number of rotatable bonds is 5. The molecule has 2 N–H and O–H groups in total. The second-order valence-corrected chi connectivity index (χ2v) is 8.64. The molecule has 2 saturated heterocycles. The number of aromatic nitrogens is 2. The summed E-state index contributed by atoms with van der Waals surface area (Å²) in [7, 11) is 0. The van der Waals surface area contributed by atoms with E-state index in [4.69, 9.17) is 26.6 Å². The van der Waals surface area contributed by atoms with Crippen LogP contribution in [-0.4, -0.2) is 40.8 Å². The van der Waals surface area contributed by atoms with Gasteiger partial charge in [0.05, 0.1) is 12.8 Å². The number of furan rings is 1. The molecule has 0 amide bonds. The van der Waals surface area contributed by atoms with Crippen LogP contribution < -0.4 is 20.4 Å². The van der Waals surface area contributed by atoms with Gasteiger partial charge in [-0.3, -0.25) is 0 Å². The summed E-state index contributed by atoms with van der Waals surface area (Å²) in [6.45, 7) is 5.95. The molecule has 0 spiro atoms. The monoisotopic (exact) mass is 428 g/mol. The van der Waals surface area contributed by atoms with Crippen LogP contribution in [0.5, 0.6) is 0 Å². The summed E-state index contributed by atoms with van der Waals surface area (Å²) in [5.41, 5.74) is 0. The van der Waals surface area contributed by atoms with Crippen LogP contribution in [-0.2, 0) is 6.54 Å². The Kier molecular flexibility index (Phi) is 7.04. The lowest BCUT2D eigenvalue weighted by Gasteiger charge is -2.35. The number of hydrogen-bond acceptors (Lipinski definition) is 6. The van der Waals surface area contributed by atoms with Crippen LogP contribution in [0, 0.1) is 0 Å². The number of hydrogen-bond donors (Lipinski definition) is 2. The van der Waals surface area contributed by atoms with Gasteiger partial charge in [-0.25, -0.2) is 0 Å². The van der Waals surface area contributed by atoms with Crippen molar-refractivity contribution in [2.45, 2.75) is 64.5 Å². The minimum atomic E-state index is 0.488. The summed E-state index contributed by atoms with van der Waals surface area (Å²) in [4.78, 5) is 14.5. The zero-order chi connectivity index (χ0) is 20.8. The molecule has 0 aliphatic carbocycles. The molecule has 2 fully saturated rings. The lowest BCUT2D eigenvalue weighted by Crippen LogP contribution is -2.38. The molecule has 30 heavy (non-hydrogen) atoms. The maximum Gasteiger partial charge on any atom is 0.232 e. The van der Waals surface area contributed by atoms with Crippen LogP contribution in [0.2, 0.25) is 0 Å². The Bertz CT molecular complexity index is 819. The molecule has 0 radical (unpaired) electrons. The van der Waals surface area contributed by atoms with Crippen molar-refractivity contribution in [1.29, 1.82) is 0 Å². The Morgan fingerprint density at radius 1 is 1.10 bits per heavy atom. The summed E-state index contributed by atoms with van der Waals surface area (Å²) < 4.78 is 5.36. The van der Waals surface area contributed by atoms with E-state index >= 15 is 0 Å². The summed E-state index contributed by atoms with van der Waals surface area (Å²) in [6, 6.07) is 6.44. The third-order valence-electron chi connectivity index (χ3n) is 5.96. The first-order chi connectivity index (χ1) is 14.7. The Morgan fingerprint density at radius 2 is 1.87 bits per heavy atom. The van der Waals surface area contributed by atoms with Gasteiger partial charge in [0.25, 0.3) is 0 Å². The Morgan fingerprint density at radius 3 is 2.60 bits per heavy atom. The van der Waals surface area contributed by atoms with E-state index < -0.39 is 0 Å². The number of thiocarbonyl (C=S) groups is 1. The van der Waals surface area contributed by atoms with Crippen LogP contribution in [0.1, 0.15) is 57.6 Å². The number of nitrogens with zero attached hydrogens (tertiary/aromatic N) is 4. The van der Waals surface area contributed by atoms with E-state index in [0.29, 0.717) is 23.6 Å². The number of anilines is 3. The highest BCUT2D eigenvalue weighted by atomic mass is 32.1. The molecule has 2 aromatic rings. The highest BCUT2D eigenvalue weighted by molar-refractivity contribution is 7.80. The topological polar surface area (TPSA) is 69.5 Å². The average molecular weight is 429 g/mol. The van der Waals surface area contributed by atoms with Crippen LogP contribution in [0.15, 0.2) is 28.9 Å². The zero-order valence-electron chi connectivity index (χ0n) is 17.8. The first kappa shape index (κ1) is 20.9. The molecule has 7 nitrogen and oxygen atoms in total. The van der Waals surface area contributed by atoms with Crippen LogP contribution in [0.25, 0.3) is 0 Å². The fourth-order valence-electron chi connectivity index (χ4n) is 4.25. The molecule has 8 heteroatoms. The predicted octanol–water partition coefficient (Wildman–Crippen LogP) is 4.32. The molecule has 4 rings (SSSR count). The summed E-state index contributed by atoms with van der Waals surface area (Å²) in [5.74, 6) is 3.38. The van der Waals surface area contributed by atoms with Gasteiger partial charge in [0.1, 0.15) is 17.4 Å².